The molecule has 0 bridgehead atoms. The Kier molecular flexibility index (Phi) is 7.28. The van der Waals surface area contributed by atoms with E-state index in [1.165, 1.54) is 30.8 Å². The lowest BCUT2D eigenvalue weighted by Crippen LogP contribution is -2.49. The lowest BCUT2D eigenvalue weighted by atomic mass is 10.2. The Morgan fingerprint density at radius 1 is 1.07 bits per heavy atom. The van der Waals surface area contributed by atoms with Gasteiger partial charge in [0, 0.05) is 54.6 Å². The molecule has 0 spiro atoms. The zero-order chi connectivity index (χ0) is 21.7. The van der Waals surface area contributed by atoms with Crippen LogP contribution in [0.4, 0.5) is 5.69 Å². The standard InChI is InChI=1S/C21H20BrN3O4S/c1-15(26)23-10-12-24(13-11-23)21(27)9-7-16-6-8-20(18(14-16)25(28)29)30-19-5-3-2-4-17(19)22/h2-9,14H,10-13H2,1H3. The van der Waals surface area contributed by atoms with Crippen LogP contribution in [0, 0.1) is 10.1 Å². The van der Waals surface area contributed by atoms with Gasteiger partial charge in [0.05, 0.1) is 9.82 Å². The van der Waals surface area contributed by atoms with E-state index in [9.17, 15) is 19.7 Å². The summed E-state index contributed by atoms with van der Waals surface area (Å²) in [5.74, 6) is -0.169. The van der Waals surface area contributed by atoms with Crippen LogP contribution < -0.4 is 0 Å². The average Bonchev–Trinajstić information content (AvgIpc) is 2.74. The van der Waals surface area contributed by atoms with Crippen LogP contribution in [0.5, 0.6) is 0 Å². The molecule has 3 rings (SSSR count). The van der Waals surface area contributed by atoms with Crippen LogP contribution in [0.3, 0.4) is 0 Å². The lowest BCUT2D eigenvalue weighted by molar-refractivity contribution is -0.387. The maximum absolute atomic E-state index is 12.4. The molecule has 7 nitrogen and oxygen atoms in total. The molecule has 1 fully saturated rings. The highest BCUT2D eigenvalue weighted by atomic mass is 79.9. The Bertz CT molecular complexity index is 1000. The number of nitrogens with zero attached hydrogens (tertiary/aromatic N) is 3. The molecule has 0 N–H and O–H groups in total. The van der Waals surface area contributed by atoms with Crippen LogP contribution in [0.15, 0.2) is 62.8 Å². The van der Waals surface area contributed by atoms with Crippen molar-refractivity contribution in [1.82, 2.24) is 9.80 Å². The van der Waals surface area contributed by atoms with Gasteiger partial charge >= 0.3 is 0 Å². The summed E-state index contributed by atoms with van der Waals surface area (Å²) in [6.45, 7) is 3.50. The fourth-order valence-corrected chi connectivity index (χ4v) is 4.48. The third kappa shape index (κ3) is 5.48. The second-order valence-corrected chi connectivity index (χ2v) is 8.62. The number of carbonyl (C=O) groups excluding carboxylic acids is 2. The van der Waals surface area contributed by atoms with E-state index >= 15 is 0 Å². The van der Waals surface area contributed by atoms with Gasteiger partial charge in [-0.15, -0.1) is 0 Å². The minimum absolute atomic E-state index is 0.00504. The van der Waals surface area contributed by atoms with E-state index in [4.69, 9.17) is 0 Å². The van der Waals surface area contributed by atoms with Crippen LogP contribution in [0.1, 0.15) is 12.5 Å². The molecule has 156 valence electrons. The minimum atomic E-state index is -0.417. The second kappa shape index (κ2) is 9.90. The molecular formula is C21H20BrN3O4S. The molecule has 2 amide bonds. The fraction of sp³-hybridized carbons (Fsp3) is 0.238. The molecule has 30 heavy (non-hydrogen) atoms. The smallest absolute Gasteiger partial charge is 0.283 e. The summed E-state index contributed by atoms with van der Waals surface area (Å²) in [6.07, 6.45) is 3.00. The van der Waals surface area contributed by atoms with Gasteiger partial charge in [-0.2, -0.15) is 0 Å². The van der Waals surface area contributed by atoms with Crippen molar-refractivity contribution in [3.63, 3.8) is 0 Å². The summed E-state index contributed by atoms with van der Waals surface area (Å²) in [7, 11) is 0. The number of piperazine rings is 1. The van der Waals surface area contributed by atoms with Gasteiger partial charge in [-0.05, 0) is 45.8 Å². The number of benzene rings is 2. The van der Waals surface area contributed by atoms with Gasteiger partial charge in [0.1, 0.15) is 0 Å². The number of rotatable bonds is 5. The van der Waals surface area contributed by atoms with E-state index in [0.29, 0.717) is 36.6 Å². The zero-order valence-corrected chi connectivity index (χ0v) is 18.7. The Hall–Kier alpha value is -2.65. The van der Waals surface area contributed by atoms with E-state index in [1.54, 1.807) is 28.0 Å². The monoisotopic (exact) mass is 489 g/mol. The second-order valence-electron chi connectivity index (χ2n) is 6.68. The Morgan fingerprint density at radius 3 is 2.37 bits per heavy atom. The molecule has 1 aliphatic rings. The molecule has 0 radical (unpaired) electrons. The predicted octanol–water partition coefficient (Wildman–Crippen LogP) is 4.21. The van der Waals surface area contributed by atoms with Crippen LogP contribution >= 0.6 is 27.7 Å². The Labute approximate surface area is 187 Å². The highest BCUT2D eigenvalue weighted by Crippen LogP contribution is 2.38. The van der Waals surface area contributed by atoms with Crippen molar-refractivity contribution in [2.75, 3.05) is 26.2 Å². The molecule has 0 aliphatic carbocycles. The van der Waals surface area contributed by atoms with Crippen molar-refractivity contribution in [1.29, 1.82) is 0 Å². The largest absolute Gasteiger partial charge is 0.339 e. The number of halogens is 1. The van der Waals surface area contributed by atoms with Crippen LogP contribution in [0.25, 0.3) is 6.08 Å². The van der Waals surface area contributed by atoms with E-state index in [-0.39, 0.29) is 17.5 Å². The molecule has 0 saturated carbocycles. The Morgan fingerprint density at radius 2 is 1.73 bits per heavy atom. The zero-order valence-electron chi connectivity index (χ0n) is 16.3. The number of nitro benzene ring substituents is 1. The van der Waals surface area contributed by atoms with Gasteiger partial charge in [-0.25, -0.2) is 0 Å². The first kappa shape index (κ1) is 22.0. The molecule has 0 unspecified atom stereocenters. The maximum Gasteiger partial charge on any atom is 0.283 e. The lowest BCUT2D eigenvalue weighted by Gasteiger charge is -2.33. The molecule has 0 aromatic heterocycles. The van der Waals surface area contributed by atoms with Crippen LogP contribution in [-0.2, 0) is 9.59 Å². The van der Waals surface area contributed by atoms with Crippen molar-refractivity contribution in [2.24, 2.45) is 0 Å². The summed E-state index contributed by atoms with van der Waals surface area (Å²) >= 11 is 4.76. The van der Waals surface area contributed by atoms with Crippen LogP contribution in [-0.4, -0.2) is 52.7 Å². The molecule has 2 aromatic rings. The normalized spacial score (nSPS) is 14.2. The first-order valence-electron chi connectivity index (χ1n) is 9.28. The number of hydrogen-bond acceptors (Lipinski definition) is 5. The molecule has 1 saturated heterocycles. The highest BCUT2D eigenvalue weighted by Gasteiger charge is 2.21. The van der Waals surface area contributed by atoms with E-state index in [1.807, 2.05) is 24.3 Å². The molecule has 1 heterocycles. The van der Waals surface area contributed by atoms with Crippen molar-refractivity contribution in [3.8, 4) is 0 Å². The number of amides is 2. The van der Waals surface area contributed by atoms with Crippen molar-refractivity contribution in [3.05, 3.63) is 68.7 Å². The Balaban J connectivity index is 1.71. The van der Waals surface area contributed by atoms with Crippen molar-refractivity contribution in [2.45, 2.75) is 16.7 Å². The third-order valence-electron chi connectivity index (χ3n) is 4.69. The van der Waals surface area contributed by atoms with Gasteiger partial charge < -0.3 is 9.80 Å². The molecular weight excluding hydrogens is 470 g/mol. The first-order chi connectivity index (χ1) is 14.3. The summed E-state index contributed by atoms with van der Waals surface area (Å²) in [6, 6.07) is 12.4. The molecule has 9 heteroatoms. The van der Waals surface area contributed by atoms with Gasteiger partial charge in [-0.1, -0.05) is 30.0 Å². The van der Waals surface area contributed by atoms with Gasteiger partial charge in [0.25, 0.3) is 5.69 Å². The molecule has 2 aromatic carbocycles. The van der Waals surface area contributed by atoms with Crippen molar-refractivity contribution >= 4 is 51.3 Å². The topological polar surface area (TPSA) is 83.8 Å². The number of hydrogen-bond donors (Lipinski definition) is 0. The minimum Gasteiger partial charge on any atom is -0.339 e. The number of carbonyl (C=O) groups is 2. The third-order valence-corrected chi connectivity index (χ3v) is 6.79. The summed E-state index contributed by atoms with van der Waals surface area (Å²) in [5, 5.41) is 11.6. The molecule has 1 aliphatic heterocycles. The predicted molar refractivity (Wildman–Crippen MR) is 119 cm³/mol. The van der Waals surface area contributed by atoms with E-state index in [2.05, 4.69) is 15.9 Å². The van der Waals surface area contributed by atoms with E-state index < -0.39 is 4.92 Å². The molecule has 0 atom stereocenters. The van der Waals surface area contributed by atoms with Crippen LogP contribution in [0.2, 0.25) is 0 Å². The fourth-order valence-electron chi connectivity index (χ4n) is 3.03. The maximum atomic E-state index is 12.4. The highest BCUT2D eigenvalue weighted by molar-refractivity contribution is 9.10. The summed E-state index contributed by atoms with van der Waals surface area (Å²) in [4.78, 5) is 39.7. The first-order valence-corrected chi connectivity index (χ1v) is 10.9. The average molecular weight is 490 g/mol. The quantitative estimate of drug-likeness (QED) is 0.356. The van der Waals surface area contributed by atoms with Gasteiger partial charge in [0.2, 0.25) is 11.8 Å². The SMILES string of the molecule is CC(=O)N1CCN(C(=O)C=Cc2ccc(Sc3ccccc3Br)c([N+](=O)[O-])c2)CC1. The van der Waals surface area contributed by atoms with Gasteiger partial charge in [-0.3, -0.25) is 19.7 Å². The van der Waals surface area contributed by atoms with E-state index in [0.717, 1.165) is 9.37 Å². The van der Waals surface area contributed by atoms with Crippen molar-refractivity contribution < 1.29 is 14.5 Å². The summed E-state index contributed by atoms with van der Waals surface area (Å²) in [5.41, 5.74) is 0.564. The summed E-state index contributed by atoms with van der Waals surface area (Å²) < 4.78 is 0.865. The van der Waals surface area contributed by atoms with Gasteiger partial charge in [0.15, 0.2) is 0 Å². The number of nitro groups is 1.